The molecule has 8 heteroatoms. The number of ether oxygens (including phenoxy) is 1. The lowest BCUT2D eigenvalue weighted by atomic mass is 10.2. The summed E-state index contributed by atoms with van der Waals surface area (Å²) in [6.45, 7) is 4.32. The Kier molecular flexibility index (Phi) is 3.68. The zero-order valence-corrected chi connectivity index (χ0v) is 12.5. The minimum Gasteiger partial charge on any atom is -0.378 e. The SMILES string of the molecule is CNc1snc(C)c1-c1nc(C2CN(C)CCO2)no1. The molecule has 3 heterocycles. The number of likely N-dealkylation sites (N-methyl/N-ethyl adjacent to an activating group) is 1. The summed E-state index contributed by atoms with van der Waals surface area (Å²) in [5, 5.41) is 8.09. The maximum Gasteiger partial charge on any atom is 0.262 e. The van der Waals surface area contributed by atoms with Gasteiger partial charge in [-0.3, -0.25) is 0 Å². The van der Waals surface area contributed by atoms with Crippen LogP contribution in [0.5, 0.6) is 0 Å². The maximum atomic E-state index is 5.70. The molecule has 7 nitrogen and oxygen atoms in total. The molecule has 0 aromatic carbocycles. The molecule has 1 fully saturated rings. The van der Waals surface area contributed by atoms with E-state index in [2.05, 4.69) is 31.8 Å². The predicted molar refractivity (Wildman–Crippen MR) is 75.9 cm³/mol. The topological polar surface area (TPSA) is 76.3 Å². The molecule has 0 radical (unpaired) electrons. The second-order valence-electron chi connectivity index (χ2n) is 4.80. The van der Waals surface area contributed by atoms with Gasteiger partial charge in [0, 0.05) is 20.1 Å². The Hall–Kier alpha value is -1.51. The fraction of sp³-hybridized carbons (Fsp3) is 0.583. The Bertz CT molecular complexity index is 596. The van der Waals surface area contributed by atoms with E-state index in [0.717, 1.165) is 29.3 Å². The van der Waals surface area contributed by atoms with Crippen molar-refractivity contribution >= 4 is 16.5 Å². The first-order chi connectivity index (χ1) is 9.69. The van der Waals surface area contributed by atoms with Gasteiger partial charge in [0.05, 0.1) is 17.9 Å². The fourth-order valence-electron chi connectivity index (χ4n) is 2.19. The first-order valence-corrected chi connectivity index (χ1v) is 7.24. The molecule has 0 saturated carbocycles. The lowest BCUT2D eigenvalue weighted by Crippen LogP contribution is -2.35. The van der Waals surface area contributed by atoms with E-state index in [9.17, 15) is 0 Å². The van der Waals surface area contributed by atoms with Crippen molar-refractivity contribution < 1.29 is 9.26 Å². The first kappa shape index (κ1) is 13.5. The van der Waals surface area contributed by atoms with Crippen molar-refractivity contribution in [1.82, 2.24) is 19.4 Å². The summed E-state index contributed by atoms with van der Waals surface area (Å²) >= 11 is 1.39. The van der Waals surface area contributed by atoms with Gasteiger partial charge in [-0.1, -0.05) is 5.16 Å². The smallest absolute Gasteiger partial charge is 0.262 e. The number of aryl methyl sites for hydroxylation is 1. The molecule has 2 aromatic rings. The lowest BCUT2D eigenvalue weighted by molar-refractivity contribution is -0.0264. The summed E-state index contributed by atoms with van der Waals surface area (Å²) in [6.07, 6.45) is -0.129. The summed E-state index contributed by atoms with van der Waals surface area (Å²) < 4.78 is 15.4. The molecule has 1 saturated heterocycles. The minimum absolute atomic E-state index is 0.129. The van der Waals surface area contributed by atoms with Crippen molar-refractivity contribution in [3.63, 3.8) is 0 Å². The summed E-state index contributed by atoms with van der Waals surface area (Å²) in [5.41, 5.74) is 1.76. The van der Waals surface area contributed by atoms with Gasteiger partial charge in [-0.2, -0.15) is 9.36 Å². The van der Waals surface area contributed by atoms with Crippen molar-refractivity contribution in [2.45, 2.75) is 13.0 Å². The van der Waals surface area contributed by atoms with Crippen LogP contribution in [0, 0.1) is 6.92 Å². The molecule has 0 aliphatic carbocycles. The van der Waals surface area contributed by atoms with Crippen molar-refractivity contribution in [3.05, 3.63) is 11.5 Å². The van der Waals surface area contributed by atoms with Gasteiger partial charge in [-0.05, 0) is 25.5 Å². The molecule has 1 atom stereocenters. The van der Waals surface area contributed by atoms with E-state index in [1.807, 2.05) is 14.0 Å². The third kappa shape index (κ3) is 2.41. The van der Waals surface area contributed by atoms with Crippen molar-refractivity contribution in [2.75, 3.05) is 39.1 Å². The third-order valence-corrected chi connectivity index (χ3v) is 4.26. The van der Waals surface area contributed by atoms with Crippen LogP contribution >= 0.6 is 11.5 Å². The lowest BCUT2D eigenvalue weighted by Gasteiger charge is -2.27. The average Bonchev–Trinajstić information content (AvgIpc) is 3.04. The molecule has 3 rings (SSSR count). The molecule has 108 valence electrons. The van der Waals surface area contributed by atoms with Crippen LogP contribution in [0.15, 0.2) is 4.52 Å². The van der Waals surface area contributed by atoms with Crippen molar-refractivity contribution in [1.29, 1.82) is 0 Å². The van der Waals surface area contributed by atoms with Crippen LogP contribution in [0.2, 0.25) is 0 Å². The second kappa shape index (κ2) is 5.47. The Balaban J connectivity index is 1.88. The number of anilines is 1. The van der Waals surface area contributed by atoms with E-state index in [1.54, 1.807) is 0 Å². The molecule has 1 aliphatic rings. The van der Waals surface area contributed by atoms with E-state index >= 15 is 0 Å². The van der Waals surface area contributed by atoms with Crippen LogP contribution in [-0.4, -0.2) is 53.2 Å². The van der Waals surface area contributed by atoms with Crippen LogP contribution < -0.4 is 5.32 Å². The van der Waals surface area contributed by atoms with Crippen LogP contribution in [0.1, 0.15) is 17.6 Å². The molecule has 0 amide bonds. The monoisotopic (exact) mass is 295 g/mol. The van der Waals surface area contributed by atoms with Crippen LogP contribution in [-0.2, 0) is 4.74 Å². The highest BCUT2D eigenvalue weighted by molar-refractivity contribution is 7.10. The van der Waals surface area contributed by atoms with Gasteiger partial charge in [-0.15, -0.1) is 0 Å². The van der Waals surface area contributed by atoms with E-state index < -0.39 is 0 Å². The number of hydrogen-bond acceptors (Lipinski definition) is 8. The first-order valence-electron chi connectivity index (χ1n) is 6.47. The van der Waals surface area contributed by atoms with Crippen LogP contribution in [0.4, 0.5) is 5.00 Å². The molecular formula is C12H17N5O2S. The van der Waals surface area contributed by atoms with E-state index in [1.165, 1.54) is 11.5 Å². The van der Waals surface area contributed by atoms with Crippen molar-refractivity contribution in [2.24, 2.45) is 0 Å². The van der Waals surface area contributed by atoms with Gasteiger partial charge in [0.1, 0.15) is 11.1 Å². The third-order valence-electron chi connectivity index (χ3n) is 3.30. The highest BCUT2D eigenvalue weighted by Gasteiger charge is 2.26. The van der Waals surface area contributed by atoms with Gasteiger partial charge in [0.25, 0.3) is 5.89 Å². The fourth-order valence-corrected chi connectivity index (χ4v) is 2.93. The molecule has 1 aliphatic heterocycles. The standard InChI is InChI=1S/C12H17N5O2S/c1-7-9(12(13-2)20-16-7)11-14-10(15-19-11)8-6-17(3)4-5-18-8/h8,13H,4-6H2,1-3H3. The number of rotatable bonds is 3. The van der Waals surface area contributed by atoms with Gasteiger partial charge >= 0.3 is 0 Å². The van der Waals surface area contributed by atoms with Gasteiger partial charge < -0.3 is 19.5 Å². The summed E-state index contributed by atoms with van der Waals surface area (Å²) in [7, 11) is 3.91. The van der Waals surface area contributed by atoms with Crippen molar-refractivity contribution in [3.8, 4) is 11.5 Å². The summed E-state index contributed by atoms with van der Waals surface area (Å²) in [4.78, 5) is 6.67. The van der Waals surface area contributed by atoms with Crippen LogP contribution in [0.3, 0.4) is 0 Å². The molecular weight excluding hydrogens is 278 g/mol. The number of hydrogen-bond donors (Lipinski definition) is 1. The summed E-state index contributed by atoms with van der Waals surface area (Å²) in [5.74, 6) is 1.09. The zero-order valence-electron chi connectivity index (χ0n) is 11.7. The van der Waals surface area contributed by atoms with Crippen LogP contribution in [0.25, 0.3) is 11.5 Å². The Morgan fingerprint density at radius 3 is 3.05 bits per heavy atom. The number of nitrogens with zero attached hydrogens (tertiary/aromatic N) is 4. The Labute approximate surface area is 121 Å². The number of nitrogens with one attached hydrogen (secondary N) is 1. The maximum absolute atomic E-state index is 5.70. The van der Waals surface area contributed by atoms with Gasteiger partial charge in [0.15, 0.2) is 0 Å². The quantitative estimate of drug-likeness (QED) is 0.920. The van der Waals surface area contributed by atoms with E-state index in [-0.39, 0.29) is 6.10 Å². The molecule has 20 heavy (non-hydrogen) atoms. The number of morpholine rings is 1. The van der Waals surface area contributed by atoms with Gasteiger partial charge in [0.2, 0.25) is 5.82 Å². The molecule has 0 bridgehead atoms. The summed E-state index contributed by atoms with van der Waals surface area (Å²) in [6, 6.07) is 0. The minimum atomic E-state index is -0.129. The second-order valence-corrected chi connectivity index (χ2v) is 5.57. The average molecular weight is 295 g/mol. The normalized spacial score (nSPS) is 20.2. The molecule has 0 spiro atoms. The molecule has 1 unspecified atom stereocenters. The molecule has 2 aromatic heterocycles. The highest BCUT2D eigenvalue weighted by Crippen LogP contribution is 2.34. The molecule has 1 N–H and O–H groups in total. The van der Waals surface area contributed by atoms with E-state index in [0.29, 0.717) is 18.3 Å². The number of aromatic nitrogens is 3. The highest BCUT2D eigenvalue weighted by atomic mass is 32.1. The predicted octanol–water partition coefficient (Wildman–Crippen LogP) is 1.55. The van der Waals surface area contributed by atoms with Gasteiger partial charge in [-0.25, -0.2) is 0 Å². The Morgan fingerprint density at radius 1 is 1.45 bits per heavy atom. The van der Waals surface area contributed by atoms with E-state index in [4.69, 9.17) is 9.26 Å². The zero-order chi connectivity index (χ0) is 14.1. The largest absolute Gasteiger partial charge is 0.378 e. The Morgan fingerprint density at radius 2 is 2.30 bits per heavy atom.